The number of piperazine rings is 1. The predicted molar refractivity (Wildman–Crippen MR) is 101 cm³/mol. The van der Waals surface area contributed by atoms with Crippen LogP contribution >= 0.6 is 0 Å². The number of rotatable bonds is 4. The van der Waals surface area contributed by atoms with E-state index in [9.17, 15) is 14.7 Å². The zero-order valence-electron chi connectivity index (χ0n) is 16.4. The summed E-state index contributed by atoms with van der Waals surface area (Å²) in [6.45, 7) is 2.21. The molecule has 4 unspecified atom stereocenters. The number of hydrogen-bond donors (Lipinski definition) is 4. The lowest BCUT2D eigenvalue weighted by molar-refractivity contribution is -0.137. The number of amides is 1. The number of methoxy groups -OCH3 is 1. The molecule has 2 fully saturated rings. The van der Waals surface area contributed by atoms with E-state index in [0.29, 0.717) is 29.1 Å². The number of aliphatic hydroxyl groups is 1. The molecule has 0 bridgehead atoms. The highest BCUT2D eigenvalue weighted by Gasteiger charge is 2.72. The number of primary amides is 1. The first kappa shape index (κ1) is 20.9. The highest BCUT2D eigenvalue weighted by atomic mass is 16.5. The zero-order valence-corrected chi connectivity index (χ0v) is 16.4. The third-order valence-corrected chi connectivity index (χ3v) is 5.90. The van der Waals surface area contributed by atoms with E-state index in [1.165, 1.54) is 0 Å². The number of carboxylic acid groups (broad SMARTS) is 1. The summed E-state index contributed by atoms with van der Waals surface area (Å²) in [5.41, 5.74) is 4.59. The Hall–Kier alpha value is -2.87. The molecule has 0 radical (unpaired) electrons. The maximum Gasteiger partial charge on any atom is 0.402 e. The van der Waals surface area contributed by atoms with Crippen LogP contribution in [0.5, 0.6) is 0 Å². The molecule has 5 N–H and O–H groups in total. The number of nitrogens with one attached hydrogen (secondary N) is 1. The van der Waals surface area contributed by atoms with Crippen LogP contribution < -0.4 is 11.1 Å². The Labute approximate surface area is 168 Å². The Morgan fingerprint density at radius 1 is 1.48 bits per heavy atom. The van der Waals surface area contributed by atoms with Crippen molar-refractivity contribution in [2.75, 3.05) is 33.9 Å². The molecule has 3 aliphatic heterocycles. The summed E-state index contributed by atoms with van der Waals surface area (Å²) in [6.07, 6.45) is 4.03. The topological polar surface area (TPSA) is 155 Å². The minimum Gasteiger partial charge on any atom is -0.465 e. The molecule has 1 amide bonds. The van der Waals surface area contributed by atoms with Gasteiger partial charge in [-0.15, -0.1) is 6.42 Å². The first-order chi connectivity index (χ1) is 13.7. The standard InChI is InChI=1S/C18H21N3O4.CH3NO2/c1-5-6-20(3)13-9(2)15(23)14-12(16(13)24)10(8-22)18(25-4)17-11(19-17)7-21(14)18;2-1(3)4/h1,10-11,17,19,22H,6-8H2,2-4H3;2H2,(H,3,4). The molecule has 10 heteroatoms. The number of nitrogens with two attached hydrogens (primary N) is 1. The Bertz CT molecular complexity index is 884. The van der Waals surface area contributed by atoms with Crippen molar-refractivity contribution in [3.8, 4) is 12.3 Å². The Morgan fingerprint density at radius 3 is 2.62 bits per heavy atom. The Morgan fingerprint density at radius 2 is 2.10 bits per heavy atom. The third kappa shape index (κ3) is 2.81. The summed E-state index contributed by atoms with van der Waals surface area (Å²) in [4.78, 5) is 38.7. The molecular weight excluding hydrogens is 380 g/mol. The Kier molecular flexibility index (Phi) is 5.17. The summed E-state index contributed by atoms with van der Waals surface area (Å²) in [6, 6.07) is 0.230. The number of nitrogens with zero attached hydrogens (tertiary/aromatic N) is 2. The molecule has 0 spiro atoms. The smallest absolute Gasteiger partial charge is 0.402 e. The SMILES string of the molecule is C#CCN(C)C1=C(C)C(=O)C2=C(C1=O)C(CO)C1(OC)C3NC3CN21.NC(=O)O. The lowest BCUT2D eigenvalue weighted by atomic mass is 9.82. The minimum atomic E-state index is -1.33. The van der Waals surface area contributed by atoms with Gasteiger partial charge >= 0.3 is 6.09 Å². The number of fused-ring (bicyclic) bond motifs is 4. The van der Waals surface area contributed by atoms with E-state index in [1.807, 2.05) is 4.90 Å². The summed E-state index contributed by atoms with van der Waals surface area (Å²) < 4.78 is 5.84. The van der Waals surface area contributed by atoms with Gasteiger partial charge in [0.2, 0.25) is 11.6 Å². The minimum absolute atomic E-state index is 0.00745. The van der Waals surface area contributed by atoms with Crippen molar-refractivity contribution >= 4 is 17.7 Å². The quantitative estimate of drug-likeness (QED) is 0.248. The number of carbonyl (C=O) groups excluding carboxylic acids is 2. The fraction of sp³-hybridized carbons (Fsp3) is 0.526. The summed E-state index contributed by atoms with van der Waals surface area (Å²) in [5, 5.41) is 20.6. The van der Waals surface area contributed by atoms with E-state index >= 15 is 0 Å². The van der Waals surface area contributed by atoms with Crippen molar-refractivity contribution in [3.05, 3.63) is 22.5 Å². The number of Topliss-reactive ketones (excluding diaryl/α,β-unsaturated/α-hetero) is 2. The number of ether oxygens (including phenoxy) is 1. The highest BCUT2D eigenvalue weighted by molar-refractivity contribution is 6.25. The molecule has 10 nitrogen and oxygen atoms in total. The van der Waals surface area contributed by atoms with E-state index in [1.54, 1.807) is 26.0 Å². The van der Waals surface area contributed by atoms with Gasteiger partial charge in [0, 0.05) is 37.9 Å². The molecule has 0 saturated carbocycles. The molecule has 156 valence electrons. The van der Waals surface area contributed by atoms with Crippen LogP contribution in [0.2, 0.25) is 0 Å². The number of terminal acetylenes is 1. The molecule has 2 saturated heterocycles. The monoisotopic (exact) mass is 404 g/mol. The number of carbonyl (C=O) groups is 3. The molecule has 3 heterocycles. The number of hydrogen-bond acceptors (Lipinski definition) is 8. The van der Waals surface area contributed by atoms with Gasteiger partial charge in [0.25, 0.3) is 0 Å². The van der Waals surface area contributed by atoms with Crippen LogP contribution in [0.25, 0.3) is 0 Å². The first-order valence-electron chi connectivity index (χ1n) is 9.04. The van der Waals surface area contributed by atoms with Crippen LogP contribution in [0.4, 0.5) is 4.79 Å². The lowest BCUT2D eigenvalue weighted by Gasteiger charge is -2.39. The number of allylic oxidation sites excluding steroid dienone is 2. The highest BCUT2D eigenvalue weighted by Crippen LogP contribution is 2.55. The second-order valence-corrected chi connectivity index (χ2v) is 7.35. The molecule has 4 aliphatic rings. The maximum absolute atomic E-state index is 13.3. The van der Waals surface area contributed by atoms with Gasteiger partial charge in [0.05, 0.1) is 36.5 Å². The number of aliphatic hydroxyl groups excluding tert-OH is 1. The van der Waals surface area contributed by atoms with Crippen LogP contribution in [0, 0.1) is 18.3 Å². The summed E-state index contributed by atoms with van der Waals surface area (Å²) in [7, 11) is 3.26. The largest absolute Gasteiger partial charge is 0.465 e. The fourth-order valence-corrected chi connectivity index (χ4v) is 4.81. The maximum atomic E-state index is 13.3. The van der Waals surface area contributed by atoms with Crippen LogP contribution in [0.15, 0.2) is 22.5 Å². The van der Waals surface area contributed by atoms with Gasteiger partial charge in [0.15, 0.2) is 5.72 Å². The molecule has 0 aromatic rings. The molecule has 0 aromatic heterocycles. The molecule has 0 aromatic carbocycles. The van der Waals surface area contributed by atoms with Gasteiger partial charge < -0.3 is 35.8 Å². The second-order valence-electron chi connectivity index (χ2n) is 7.35. The van der Waals surface area contributed by atoms with Gasteiger partial charge in [-0.05, 0) is 6.92 Å². The van der Waals surface area contributed by atoms with Gasteiger partial charge in [0.1, 0.15) is 0 Å². The molecule has 4 atom stereocenters. The predicted octanol–water partition coefficient (Wildman–Crippen LogP) is -1.52. The van der Waals surface area contributed by atoms with Gasteiger partial charge in [-0.1, -0.05) is 5.92 Å². The Balaban J connectivity index is 0.000000552. The molecule has 4 rings (SSSR count). The van der Waals surface area contributed by atoms with E-state index in [2.05, 4.69) is 17.0 Å². The van der Waals surface area contributed by atoms with Crippen molar-refractivity contribution in [1.82, 2.24) is 15.1 Å². The van der Waals surface area contributed by atoms with Crippen molar-refractivity contribution in [1.29, 1.82) is 0 Å². The molecular formula is C19H24N4O6. The normalized spacial score (nSPS) is 31.6. The van der Waals surface area contributed by atoms with E-state index < -0.39 is 17.7 Å². The number of ketones is 2. The summed E-state index contributed by atoms with van der Waals surface area (Å²) in [5.74, 6) is 1.49. The first-order valence-corrected chi connectivity index (χ1v) is 9.04. The van der Waals surface area contributed by atoms with Crippen molar-refractivity contribution in [3.63, 3.8) is 0 Å². The van der Waals surface area contributed by atoms with Crippen LogP contribution in [0.3, 0.4) is 0 Å². The van der Waals surface area contributed by atoms with Crippen LogP contribution in [-0.4, -0.2) is 89.3 Å². The van der Waals surface area contributed by atoms with Crippen molar-refractivity contribution < 1.29 is 29.3 Å². The summed E-state index contributed by atoms with van der Waals surface area (Å²) >= 11 is 0. The zero-order chi connectivity index (χ0) is 21.7. The van der Waals surface area contributed by atoms with Crippen LogP contribution in [0.1, 0.15) is 6.92 Å². The lowest BCUT2D eigenvalue weighted by Crippen LogP contribution is -2.54. The second kappa shape index (κ2) is 7.18. The van der Waals surface area contributed by atoms with Crippen LogP contribution in [-0.2, 0) is 14.3 Å². The van der Waals surface area contributed by atoms with E-state index in [-0.39, 0.29) is 36.8 Å². The third-order valence-electron chi connectivity index (χ3n) is 5.90. The average Bonchev–Trinajstić information content (AvgIpc) is 3.25. The van der Waals surface area contributed by atoms with Gasteiger partial charge in [-0.25, -0.2) is 4.79 Å². The van der Waals surface area contributed by atoms with Gasteiger partial charge in [-0.3, -0.25) is 9.59 Å². The average molecular weight is 404 g/mol. The van der Waals surface area contributed by atoms with E-state index in [0.717, 1.165) is 0 Å². The molecule has 1 aliphatic carbocycles. The van der Waals surface area contributed by atoms with Crippen molar-refractivity contribution in [2.45, 2.75) is 24.7 Å². The fourth-order valence-electron chi connectivity index (χ4n) is 4.81. The van der Waals surface area contributed by atoms with Gasteiger partial charge in [-0.2, -0.15) is 0 Å². The van der Waals surface area contributed by atoms with E-state index in [4.69, 9.17) is 21.1 Å². The van der Waals surface area contributed by atoms with Crippen molar-refractivity contribution in [2.24, 2.45) is 11.7 Å². The number of likely N-dealkylation sites (N-methyl/N-ethyl adjacent to an activating group) is 1. The molecule has 29 heavy (non-hydrogen) atoms.